The highest BCUT2D eigenvalue weighted by Crippen LogP contribution is 2.37. The molecule has 0 N–H and O–H groups in total. The summed E-state index contributed by atoms with van der Waals surface area (Å²) in [5, 5.41) is 0. The molecule has 0 amide bonds. The number of cyclic esters (lactones) is 1. The molecule has 0 fully saturated rings. The van der Waals surface area contributed by atoms with Crippen molar-refractivity contribution >= 4 is 39.8 Å². The van der Waals surface area contributed by atoms with E-state index in [2.05, 4.69) is 20.9 Å². The van der Waals surface area contributed by atoms with Gasteiger partial charge in [-0.25, -0.2) is 19.0 Å². The maximum absolute atomic E-state index is 13.4. The Morgan fingerprint density at radius 3 is 2.80 bits per heavy atom. The van der Waals surface area contributed by atoms with Crippen molar-refractivity contribution in [3.8, 4) is 11.5 Å². The first kappa shape index (κ1) is 21.5. The van der Waals surface area contributed by atoms with Gasteiger partial charge in [0.2, 0.25) is 5.90 Å². The minimum absolute atomic E-state index is 0.0196. The molecule has 2 aromatic rings. The summed E-state index contributed by atoms with van der Waals surface area (Å²) in [5.74, 6) is -0.966. The Balaban J connectivity index is 1.87. The first-order valence-corrected chi connectivity index (χ1v) is 9.65. The number of methoxy groups -OCH3 is 1. The number of hydrogen-bond acceptors (Lipinski definition) is 7. The average molecular weight is 478 g/mol. The van der Waals surface area contributed by atoms with Crippen LogP contribution >= 0.6 is 15.9 Å². The normalized spacial score (nSPS) is 14.3. The van der Waals surface area contributed by atoms with Crippen LogP contribution in [-0.4, -0.2) is 38.2 Å². The molecule has 2 aromatic carbocycles. The second-order valence-electron chi connectivity index (χ2n) is 5.97. The highest BCUT2D eigenvalue weighted by molar-refractivity contribution is 9.10. The monoisotopic (exact) mass is 477 g/mol. The van der Waals surface area contributed by atoms with E-state index in [1.54, 1.807) is 25.1 Å². The molecular formula is C21H17BrFNO6. The summed E-state index contributed by atoms with van der Waals surface area (Å²) in [6.07, 6.45) is 1.50. The number of halogens is 2. The van der Waals surface area contributed by atoms with Gasteiger partial charge >= 0.3 is 11.9 Å². The lowest BCUT2D eigenvalue weighted by Gasteiger charge is -2.13. The van der Waals surface area contributed by atoms with Crippen molar-refractivity contribution in [2.45, 2.75) is 6.92 Å². The molecule has 0 saturated heterocycles. The first-order valence-electron chi connectivity index (χ1n) is 8.85. The molecular weight excluding hydrogens is 461 g/mol. The summed E-state index contributed by atoms with van der Waals surface area (Å²) in [4.78, 5) is 27.9. The van der Waals surface area contributed by atoms with Crippen LogP contribution in [0, 0.1) is 5.82 Å². The summed E-state index contributed by atoms with van der Waals surface area (Å²) in [7, 11) is 1.44. The number of nitrogens with zero attached hydrogens (tertiary/aromatic N) is 1. The van der Waals surface area contributed by atoms with E-state index < -0.39 is 17.8 Å². The van der Waals surface area contributed by atoms with Crippen LogP contribution in [0.2, 0.25) is 0 Å². The third kappa shape index (κ3) is 5.04. The molecule has 7 nitrogen and oxygen atoms in total. The molecule has 0 saturated carbocycles. The van der Waals surface area contributed by atoms with Crippen LogP contribution in [0.15, 0.2) is 51.6 Å². The molecule has 156 valence electrons. The van der Waals surface area contributed by atoms with Crippen LogP contribution in [-0.2, 0) is 19.1 Å². The lowest BCUT2D eigenvalue weighted by molar-refractivity contribution is -0.145. The van der Waals surface area contributed by atoms with Gasteiger partial charge in [-0.1, -0.05) is 6.07 Å². The topological polar surface area (TPSA) is 83.4 Å². The van der Waals surface area contributed by atoms with Gasteiger partial charge in [-0.2, -0.15) is 0 Å². The van der Waals surface area contributed by atoms with Crippen molar-refractivity contribution in [3.05, 3.63) is 63.5 Å². The predicted molar refractivity (Wildman–Crippen MR) is 110 cm³/mol. The highest BCUT2D eigenvalue weighted by Gasteiger charge is 2.25. The highest BCUT2D eigenvalue weighted by atomic mass is 79.9. The second kappa shape index (κ2) is 9.53. The van der Waals surface area contributed by atoms with Crippen molar-refractivity contribution in [2.75, 3.05) is 20.3 Å². The van der Waals surface area contributed by atoms with Gasteiger partial charge in [-0.15, -0.1) is 0 Å². The predicted octanol–water partition coefficient (Wildman–Crippen LogP) is 3.88. The Kier molecular flexibility index (Phi) is 6.83. The Morgan fingerprint density at radius 1 is 1.30 bits per heavy atom. The zero-order valence-electron chi connectivity index (χ0n) is 16.1. The zero-order chi connectivity index (χ0) is 21.7. The lowest BCUT2D eigenvalue weighted by atomic mass is 10.1. The number of benzene rings is 2. The van der Waals surface area contributed by atoms with E-state index in [-0.39, 0.29) is 24.8 Å². The Morgan fingerprint density at radius 2 is 2.10 bits per heavy atom. The van der Waals surface area contributed by atoms with E-state index in [0.717, 1.165) is 0 Å². The fraction of sp³-hybridized carbons (Fsp3) is 0.190. The molecule has 0 atom stereocenters. The fourth-order valence-electron chi connectivity index (χ4n) is 2.61. The van der Waals surface area contributed by atoms with Crippen molar-refractivity contribution in [3.63, 3.8) is 0 Å². The lowest BCUT2D eigenvalue weighted by Crippen LogP contribution is -2.15. The number of esters is 2. The van der Waals surface area contributed by atoms with Gasteiger partial charge in [0.05, 0.1) is 18.2 Å². The molecule has 9 heteroatoms. The molecule has 0 radical (unpaired) electrons. The number of aliphatic imine (C=N–C) groups is 1. The van der Waals surface area contributed by atoms with Crippen LogP contribution < -0.4 is 9.47 Å². The van der Waals surface area contributed by atoms with Gasteiger partial charge in [-0.05, 0) is 64.8 Å². The summed E-state index contributed by atoms with van der Waals surface area (Å²) in [5.41, 5.74) is 0.968. The van der Waals surface area contributed by atoms with Crippen LogP contribution in [0.1, 0.15) is 18.1 Å². The Bertz CT molecular complexity index is 1050. The van der Waals surface area contributed by atoms with E-state index in [4.69, 9.17) is 18.9 Å². The van der Waals surface area contributed by atoms with Crippen molar-refractivity contribution in [2.24, 2.45) is 4.99 Å². The molecule has 30 heavy (non-hydrogen) atoms. The Hall–Kier alpha value is -3.20. The average Bonchev–Trinajstić information content (AvgIpc) is 3.07. The van der Waals surface area contributed by atoms with E-state index in [0.29, 0.717) is 27.1 Å². The van der Waals surface area contributed by atoms with Crippen molar-refractivity contribution in [1.29, 1.82) is 0 Å². The third-order valence-corrected chi connectivity index (χ3v) is 4.48. The van der Waals surface area contributed by atoms with Gasteiger partial charge in [0.25, 0.3) is 0 Å². The summed E-state index contributed by atoms with van der Waals surface area (Å²) >= 11 is 3.37. The van der Waals surface area contributed by atoms with Crippen LogP contribution in [0.5, 0.6) is 11.5 Å². The number of carbonyl (C=O) groups excluding carboxylic acids is 2. The SMILES string of the molecule is CCOC(=O)COc1c(Br)cc(/C=C2\N=C(c3cccc(F)c3)OC2=O)cc1OC. The smallest absolute Gasteiger partial charge is 0.363 e. The summed E-state index contributed by atoms with van der Waals surface area (Å²) < 4.78 is 34.7. The van der Waals surface area contributed by atoms with Gasteiger partial charge in [0.15, 0.2) is 23.8 Å². The van der Waals surface area contributed by atoms with E-state index in [1.807, 2.05) is 0 Å². The van der Waals surface area contributed by atoms with Gasteiger partial charge in [0.1, 0.15) is 5.82 Å². The maximum Gasteiger partial charge on any atom is 0.363 e. The van der Waals surface area contributed by atoms with Gasteiger partial charge in [0, 0.05) is 5.56 Å². The molecule has 1 aliphatic heterocycles. The first-order chi connectivity index (χ1) is 14.4. The minimum atomic E-state index is -0.660. The number of carbonyl (C=O) groups is 2. The summed E-state index contributed by atoms with van der Waals surface area (Å²) in [6, 6.07) is 8.88. The van der Waals surface area contributed by atoms with Gasteiger partial charge in [-0.3, -0.25) is 0 Å². The van der Waals surface area contributed by atoms with Crippen LogP contribution in [0.3, 0.4) is 0 Å². The van der Waals surface area contributed by atoms with Crippen molar-refractivity contribution in [1.82, 2.24) is 0 Å². The molecule has 0 spiro atoms. The molecule has 0 unspecified atom stereocenters. The minimum Gasteiger partial charge on any atom is -0.493 e. The van der Waals surface area contributed by atoms with E-state index in [1.165, 1.54) is 31.4 Å². The molecule has 0 aliphatic carbocycles. The van der Waals surface area contributed by atoms with Crippen molar-refractivity contribution < 1.29 is 32.9 Å². The molecule has 0 aromatic heterocycles. The zero-order valence-corrected chi connectivity index (χ0v) is 17.7. The standard InChI is InChI=1S/C21H17BrFNO6/c1-3-28-18(25)11-29-19-15(22)7-12(9-17(19)27-2)8-16-21(26)30-20(24-16)13-5-4-6-14(23)10-13/h4-10H,3,11H2,1-2H3/b16-8-. The van der Waals surface area contributed by atoms with E-state index >= 15 is 0 Å². The summed E-state index contributed by atoms with van der Waals surface area (Å²) in [6.45, 7) is 1.67. The number of ether oxygens (including phenoxy) is 4. The number of rotatable bonds is 7. The largest absolute Gasteiger partial charge is 0.493 e. The van der Waals surface area contributed by atoms with Gasteiger partial charge < -0.3 is 18.9 Å². The molecule has 1 aliphatic rings. The maximum atomic E-state index is 13.4. The third-order valence-electron chi connectivity index (χ3n) is 3.89. The quantitative estimate of drug-likeness (QED) is 0.444. The Labute approximate surface area is 180 Å². The fourth-order valence-corrected chi connectivity index (χ4v) is 3.18. The molecule has 3 rings (SSSR count). The second-order valence-corrected chi connectivity index (χ2v) is 6.83. The van der Waals surface area contributed by atoms with Crippen LogP contribution in [0.25, 0.3) is 6.08 Å². The van der Waals surface area contributed by atoms with Crippen LogP contribution in [0.4, 0.5) is 4.39 Å². The molecule has 0 bridgehead atoms. The number of hydrogen-bond donors (Lipinski definition) is 0. The van der Waals surface area contributed by atoms with E-state index in [9.17, 15) is 14.0 Å². The molecule has 1 heterocycles.